The van der Waals surface area contributed by atoms with E-state index < -0.39 is 6.04 Å². The molecule has 0 saturated carbocycles. The van der Waals surface area contributed by atoms with E-state index in [0.717, 1.165) is 22.6 Å². The molecule has 0 saturated heterocycles. The van der Waals surface area contributed by atoms with Crippen molar-refractivity contribution in [2.75, 3.05) is 13.7 Å². The van der Waals surface area contributed by atoms with Gasteiger partial charge in [-0.05, 0) is 63.1 Å². The van der Waals surface area contributed by atoms with Crippen molar-refractivity contribution in [2.24, 2.45) is 5.92 Å². The normalized spacial score (nSPS) is 11.9. The minimum Gasteiger partial charge on any atom is -0.494 e. The molecule has 3 aromatic rings. The van der Waals surface area contributed by atoms with Crippen LogP contribution in [0.25, 0.3) is 5.69 Å². The highest BCUT2D eigenvalue weighted by molar-refractivity contribution is 5.97. The lowest BCUT2D eigenvalue weighted by Gasteiger charge is -2.27. The number of para-hydroxylation sites is 1. The van der Waals surface area contributed by atoms with E-state index in [1.807, 2.05) is 69.6 Å². The van der Waals surface area contributed by atoms with Crippen LogP contribution in [-0.4, -0.2) is 46.2 Å². The number of aryl methyl sites for hydroxylation is 1. The van der Waals surface area contributed by atoms with Gasteiger partial charge in [0, 0.05) is 30.4 Å². The van der Waals surface area contributed by atoms with Crippen molar-refractivity contribution >= 4 is 11.8 Å². The summed E-state index contributed by atoms with van der Waals surface area (Å²) in [6.45, 7) is 10.7. The SMILES string of the molecule is CCOc1ccc(C(=O)NC(C(=O)N(C)Cc2c(C)nn(-c3ccccc3)c2C)C(C)C)cc1. The number of hydrogen-bond acceptors (Lipinski definition) is 4. The van der Waals surface area contributed by atoms with Gasteiger partial charge in [0.05, 0.1) is 18.0 Å². The van der Waals surface area contributed by atoms with Crippen LogP contribution in [0.3, 0.4) is 0 Å². The minimum absolute atomic E-state index is 0.0733. The molecule has 0 aliphatic heterocycles. The number of amides is 2. The van der Waals surface area contributed by atoms with Crippen molar-refractivity contribution in [3.8, 4) is 11.4 Å². The molecule has 7 heteroatoms. The Morgan fingerprint density at radius 3 is 2.29 bits per heavy atom. The number of benzene rings is 2. The summed E-state index contributed by atoms with van der Waals surface area (Å²) in [5.74, 6) is 0.209. The van der Waals surface area contributed by atoms with Gasteiger partial charge in [-0.2, -0.15) is 5.10 Å². The van der Waals surface area contributed by atoms with Crippen LogP contribution in [0.15, 0.2) is 54.6 Å². The van der Waals surface area contributed by atoms with Gasteiger partial charge in [0.15, 0.2) is 0 Å². The van der Waals surface area contributed by atoms with Crippen LogP contribution in [0, 0.1) is 19.8 Å². The van der Waals surface area contributed by atoms with E-state index in [4.69, 9.17) is 4.74 Å². The first-order valence-electron chi connectivity index (χ1n) is 11.6. The third-order valence-electron chi connectivity index (χ3n) is 5.86. The van der Waals surface area contributed by atoms with Crippen LogP contribution in [0.5, 0.6) is 5.75 Å². The second kappa shape index (κ2) is 11.0. The number of nitrogens with one attached hydrogen (secondary N) is 1. The maximum atomic E-state index is 13.4. The summed E-state index contributed by atoms with van der Waals surface area (Å²) in [5.41, 5.74) is 4.33. The van der Waals surface area contributed by atoms with Crippen LogP contribution in [0.1, 0.15) is 48.1 Å². The molecule has 1 atom stereocenters. The number of hydrogen-bond donors (Lipinski definition) is 1. The minimum atomic E-state index is -0.645. The van der Waals surface area contributed by atoms with Crippen LogP contribution >= 0.6 is 0 Å². The number of likely N-dealkylation sites (N-methyl/N-ethyl adjacent to an activating group) is 1. The van der Waals surface area contributed by atoms with Crippen LogP contribution in [0.2, 0.25) is 0 Å². The number of rotatable bonds is 9. The molecule has 1 aromatic heterocycles. The zero-order valence-electron chi connectivity index (χ0n) is 20.8. The third kappa shape index (κ3) is 5.65. The summed E-state index contributed by atoms with van der Waals surface area (Å²) in [5, 5.41) is 7.60. The molecule has 180 valence electrons. The van der Waals surface area contributed by atoms with Gasteiger partial charge in [-0.3, -0.25) is 9.59 Å². The molecule has 1 unspecified atom stereocenters. The number of carbonyl (C=O) groups excluding carboxylic acids is 2. The molecular formula is C27H34N4O3. The molecule has 2 amide bonds. The van der Waals surface area contributed by atoms with Crippen molar-refractivity contribution in [3.05, 3.63) is 77.1 Å². The van der Waals surface area contributed by atoms with Gasteiger partial charge in [0.2, 0.25) is 5.91 Å². The number of aromatic nitrogens is 2. The molecule has 1 heterocycles. The van der Waals surface area contributed by atoms with E-state index in [1.54, 1.807) is 36.2 Å². The molecule has 0 aliphatic carbocycles. The van der Waals surface area contributed by atoms with Crippen molar-refractivity contribution < 1.29 is 14.3 Å². The second-order valence-electron chi connectivity index (χ2n) is 8.74. The largest absolute Gasteiger partial charge is 0.494 e. The Balaban J connectivity index is 1.73. The lowest BCUT2D eigenvalue weighted by molar-refractivity contribution is -0.133. The summed E-state index contributed by atoms with van der Waals surface area (Å²) < 4.78 is 7.34. The fourth-order valence-electron chi connectivity index (χ4n) is 3.88. The lowest BCUT2D eigenvalue weighted by Crippen LogP contribution is -2.50. The smallest absolute Gasteiger partial charge is 0.251 e. The van der Waals surface area contributed by atoms with Gasteiger partial charge in [0.25, 0.3) is 5.91 Å². The predicted octanol–water partition coefficient (Wildman–Crippen LogP) is 4.30. The van der Waals surface area contributed by atoms with E-state index in [2.05, 4.69) is 10.4 Å². The Morgan fingerprint density at radius 1 is 1.06 bits per heavy atom. The first-order valence-corrected chi connectivity index (χ1v) is 11.6. The molecule has 7 nitrogen and oxygen atoms in total. The zero-order chi connectivity index (χ0) is 24.8. The number of ether oxygens (including phenoxy) is 1. The molecule has 3 rings (SSSR count). The van der Waals surface area contributed by atoms with Gasteiger partial charge >= 0.3 is 0 Å². The fourth-order valence-corrected chi connectivity index (χ4v) is 3.88. The van der Waals surface area contributed by atoms with Gasteiger partial charge in [-0.15, -0.1) is 0 Å². The summed E-state index contributed by atoms with van der Waals surface area (Å²) in [6, 6.07) is 16.2. The summed E-state index contributed by atoms with van der Waals surface area (Å²) >= 11 is 0. The van der Waals surface area contributed by atoms with Crippen LogP contribution < -0.4 is 10.1 Å². The van der Waals surface area contributed by atoms with Gasteiger partial charge < -0.3 is 15.0 Å². The molecule has 2 aromatic carbocycles. The van der Waals surface area contributed by atoms with E-state index in [0.29, 0.717) is 24.5 Å². The number of carbonyl (C=O) groups is 2. The second-order valence-corrected chi connectivity index (χ2v) is 8.74. The molecular weight excluding hydrogens is 428 g/mol. The Bertz CT molecular complexity index is 1120. The van der Waals surface area contributed by atoms with E-state index >= 15 is 0 Å². The van der Waals surface area contributed by atoms with E-state index in [-0.39, 0.29) is 17.7 Å². The van der Waals surface area contributed by atoms with Gasteiger partial charge in [-0.25, -0.2) is 4.68 Å². The molecule has 1 N–H and O–H groups in total. The highest BCUT2D eigenvalue weighted by Crippen LogP contribution is 2.20. The molecule has 34 heavy (non-hydrogen) atoms. The van der Waals surface area contributed by atoms with E-state index in [9.17, 15) is 9.59 Å². The Kier molecular flexibility index (Phi) is 8.10. The number of nitrogens with zero attached hydrogens (tertiary/aromatic N) is 3. The highest BCUT2D eigenvalue weighted by atomic mass is 16.5. The summed E-state index contributed by atoms with van der Waals surface area (Å²) in [7, 11) is 1.76. The first-order chi connectivity index (χ1) is 16.2. The maximum Gasteiger partial charge on any atom is 0.251 e. The average Bonchev–Trinajstić information content (AvgIpc) is 3.11. The van der Waals surface area contributed by atoms with Crippen molar-refractivity contribution in [3.63, 3.8) is 0 Å². The molecule has 0 aliphatic rings. The monoisotopic (exact) mass is 462 g/mol. The standard InChI is InChI=1S/C27H34N4O3/c1-7-34-23-15-13-21(14-16-23)26(32)28-25(18(2)3)27(33)30(6)17-24-19(4)29-31(20(24)5)22-11-9-8-10-12-22/h8-16,18,25H,7,17H2,1-6H3,(H,28,32). The third-order valence-corrected chi connectivity index (χ3v) is 5.86. The van der Waals surface area contributed by atoms with Gasteiger partial charge in [0.1, 0.15) is 11.8 Å². The van der Waals surface area contributed by atoms with Crippen molar-refractivity contribution in [2.45, 2.75) is 47.2 Å². The van der Waals surface area contributed by atoms with E-state index in [1.165, 1.54) is 0 Å². The molecule has 0 radical (unpaired) electrons. The average molecular weight is 463 g/mol. The summed E-state index contributed by atoms with van der Waals surface area (Å²) in [4.78, 5) is 27.9. The van der Waals surface area contributed by atoms with Crippen LogP contribution in [0.4, 0.5) is 0 Å². The van der Waals surface area contributed by atoms with Gasteiger partial charge in [-0.1, -0.05) is 32.0 Å². The predicted molar refractivity (Wildman–Crippen MR) is 133 cm³/mol. The van der Waals surface area contributed by atoms with Crippen molar-refractivity contribution in [1.82, 2.24) is 20.0 Å². The quantitative estimate of drug-likeness (QED) is 0.514. The first kappa shape index (κ1) is 25.0. The van der Waals surface area contributed by atoms with Crippen molar-refractivity contribution in [1.29, 1.82) is 0 Å². The molecule has 0 spiro atoms. The zero-order valence-corrected chi connectivity index (χ0v) is 20.8. The Morgan fingerprint density at radius 2 is 1.71 bits per heavy atom. The molecule has 0 bridgehead atoms. The highest BCUT2D eigenvalue weighted by Gasteiger charge is 2.28. The topological polar surface area (TPSA) is 76.5 Å². The lowest BCUT2D eigenvalue weighted by atomic mass is 10.0. The summed E-state index contributed by atoms with van der Waals surface area (Å²) in [6.07, 6.45) is 0. The Hall–Kier alpha value is -3.61. The fraction of sp³-hybridized carbons (Fsp3) is 0.370. The maximum absolute atomic E-state index is 13.4. The Labute approximate surface area is 201 Å². The van der Waals surface area contributed by atoms with Crippen LogP contribution in [-0.2, 0) is 11.3 Å². The molecule has 0 fully saturated rings.